The van der Waals surface area contributed by atoms with Crippen LogP contribution >= 0.6 is 35.1 Å². The second-order valence-corrected chi connectivity index (χ2v) is 8.94. The maximum absolute atomic E-state index is 13.2. The fraction of sp³-hybridized carbons (Fsp3) is 0.0435. The molecule has 2 nitrogen and oxygen atoms in total. The fourth-order valence-electron chi connectivity index (χ4n) is 2.86. The Kier molecular flexibility index (Phi) is 5.44. The predicted octanol–water partition coefficient (Wildman–Crippen LogP) is 6.82. The summed E-state index contributed by atoms with van der Waals surface area (Å²) in [7, 11) is 0. The van der Waals surface area contributed by atoms with Crippen molar-refractivity contribution in [1.29, 1.82) is 0 Å². The van der Waals surface area contributed by atoms with Crippen LogP contribution in [0.1, 0.15) is 26.3 Å². The standard InChI is InChI=1S/C23H15ClO2S2/c1-14-6-10-16(11-7-14)27-22-20(25)18-4-2-3-5-19(18)21(26)23(22)28-17-12-8-15(24)9-13-17/h2-13H,1H3. The molecule has 0 amide bonds. The van der Waals surface area contributed by atoms with Gasteiger partial charge in [0.15, 0.2) is 0 Å². The minimum absolute atomic E-state index is 0.114. The Balaban J connectivity index is 1.80. The van der Waals surface area contributed by atoms with Gasteiger partial charge in [-0.25, -0.2) is 0 Å². The van der Waals surface area contributed by atoms with Crippen molar-refractivity contribution in [3.05, 3.63) is 104 Å². The fourth-order valence-corrected chi connectivity index (χ4v) is 5.03. The van der Waals surface area contributed by atoms with Crippen LogP contribution in [0.3, 0.4) is 0 Å². The molecule has 0 saturated heterocycles. The first-order valence-electron chi connectivity index (χ1n) is 8.63. The van der Waals surface area contributed by atoms with Crippen LogP contribution in [0.2, 0.25) is 5.02 Å². The number of thioether (sulfide) groups is 2. The van der Waals surface area contributed by atoms with Gasteiger partial charge in [-0.05, 0) is 43.3 Å². The summed E-state index contributed by atoms with van der Waals surface area (Å²) < 4.78 is 0. The van der Waals surface area contributed by atoms with Gasteiger partial charge in [0, 0.05) is 25.9 Å². The van der Waals surface area contributed by atoms with Crippen LogP contribution in [0, 0.1) is 6.92 Å². The monoisotopic (exact) mass is 422 g/mol. The van der Waals surface area contributed by atoms with Gasteiger partial charge in [-0.15, -0.1) is 0 Å². The number of halogens is 1. The molecule has 4 rings (SSSR count). The van der Waals surface area contributed by atoms with Gasteiger partial charge >= 0.3 is 0 Å². The van der Waals surface area contributed by atoms with Gasteiger partial charge in [0.25, 0.3) is 0 Å². The predicted molar refractivity (Wildman–Crippen MR) is 116 cm³/mol. The first-order chi connectivity index (χ1) is 13.5. The van der Waals surface area contributed by atoms with Crippen LogP contribution in [0.15, 0.2) is 92.4 Å². The molecule has 0 atom stereocenters. The highest BCUT2D eigenvalue weighted by molar-refractivity contribution is 8.08. The number of allylic oxidation sites excluding steroid dienone is 2. The number of benzene rings is 3. The Labute approximate surface area is 177 Å². The van der Waals surface area contributed by atoms with Gasteiger partial charge < -0.3 is 0 Å². The SMILES string of the molecule is Cc1ccc(SC2=C(Sc3ccc(Cl)cc3)C(=O)c3ccccc3C2=O)cc1. The van der Waals surface area contributed by atoms with E-state index in [0.29, 0.717) is 26.0 Å². The molecule has 0 fully saturated rings. The summed E-state index contributed by atoms with van der Waals surface area (Å²) in [6.07, 6.45) is 0. The van der Waals surface area contributed by atoms with Crippen LogP contribution < -0.4 is 0 Å². The number of hydrogen-bond acceptors (Lipinski definition) is 4. The summed E-state index contributed by atoms with van der Waals surface area (Å²) in [5.74, 6) is -0.234. The Bertz CT molecular complexity index is 1010. The molecule has 138 valence electrons. The van der Waals surface area contributed by atoms with Crippen molar-refractivity contribution in [2.75, 3.05) is 0 Å². The largest absolute Gasteiger partial charge is 0.288 e. The van der Waals surface area contributed by atoms with E-state index in [1.54, 1.807) is 36.4 Å². The van der Waals surface area contributed by atoms with Gasteiger partial charge in [0.1, 0.15) is 0 Å². The number of hydrogen-bond donors (Lipinski definition) is 0. The summed E-state index contributed by atoms with van der Waals surface area (Å²) >= 11 is 8.63. The first kappa shape index (κ1) is 19.1. The zero-order valence-electron chi connectivity index (χ0n) is 14.9. The van der Waals surface area contributed by atoms with E-state index in [4.69, 9.17) is 11.6 Å². The Morgan fingerprint density at radius 2 is 1.07 bits per heavy atom. The lowest BCUT2D eigenvalue weighted by molar-refractivity contribution is 0.0988. The minimum Gasteiger partial charge on any atom is -0.288 e. The normalized spacial score (nSPS) is 13.6. The Morgan fingerprint density at radius 1 is 0.643 bits per heavy atom. The zero-order chi connectivity index (χ0) is 19.7. The number of carbonyl (C=O) groups excluding carboxylic acids is 2. The van der Waals surface area contributed by atoms with Crippen LogP contribution in [-0.4, -0.2) is 11.6 Å². The molecule has 1 aliphatic carbocycles. The quantitative estimate of drug-likeness (QED) is 0.461. The van der Waals surface area contributed by atoms with Crippen molar-refractivity contribution < 1.29 is 9.59 Å². The molecular weight excluding hydrogens is 408 g/mol. The molecule has 0 saturated carbocycles. The van der Waals surface area contributed by atoms with Crippen LogP contribution in [-0.2, 0) is 0 Å². The van der Waals surface area contributed by atoms with Gasteiger partial charge in [0.05, 0.1) is 9.81 Å². The van der Waals surface area contributed by atoms with E-state index >= 15 is 0 Å². The lowest BCUT2D eigenvalue weighted by Gasteiger charge is -2.20. The topological polar surface area (TPSA) is 34.1 Å². The van der Waals surface area contributed by atoms with Crippen molar-refractivity contribution in [3.63, 3.8) is 0 Å². The molecule has 0 unspecified atom stereocenters. The number of fused-ring (bicyclic) bond motifs is 1. The smallest absolute Gasteiger partial charge is 0.201 e. The zero-order valence-corrected chi connectivity index (χ0v) is 17.3. The summed E-state index contributed by atoms with van der Waals surface area (Å²) in [6.45, 7) is 2.01. The highest BCUT2D eigenvalue weighted by Crippen LogP contribution is 2.43. The summed E-state index contributed by atoms with van der Waals surface area (Å²) in [5.41, 5.74) is 2.06. The number of ketones is 2. The molecule has 0 heterocycles. The molecule has 0 radical (unpaired) electrons. The first-order valence-corrected chi connectivity index (χ1v) is 10.6. The number of aryl methyl sites for hydroxylation is 1. The maximum atomic E-state index is 13.2. The highest BCUT2D eigenvalue weighted by atomic mass is 35.5. The molecule has 0 spiro atoms. The Morgan fingerprint density at radius 3 is 1.54 bits per heavy atom. The van der Waals surface area contributed by atoms with Crippen LogP contribution in [0.5, 0.6) is 0 Å². The molecule has 0 aromatic heterocycles. The molecule has 1 aliphatic rings. The average Bonchev–Trinajstić information content (AvgIpc) is 2.71. The molecule has 5 heteroatoms. The van der Waals surface area contributed by atoms with Crippen molar-refractivity contribution in [2.24, 2.45) is 0 Å². The summed E-state index contributed by atoms with van der Waals surface area (Å²) in [4.78, 5) is 29.2. The maximum Gasteiger partial charge on any atom is 0.201 e. The van der Waals surface area contributed by atoms with Crippen molar-refractivity contribution in [3.8, 4) is 0 Å². The highest BCUT2D eigenvalue weighted by Gasteiger charge is 2.33. The lowest BCUT2D eigenvalue weighted by Crippen LogP contribution is -2.19. The van der Waals surface area contributed by atoms with Crippen molar-refractivity contribution >= 4 is 46.7 Å². The van der Waals surface area contributed by atoms with E-state index in [1.165, 1.54) is 23.5 Å². The Hall–Kier alpha value is -2.27. The number of carbonyl (C=O) groups is 2. The summed E-state index contributed by atoms with van der Waals surface area (Å²) in [6, 6.07) is 22.2. The van der Waals surface area contributed by atoms with Gasteiger partial charge in [-0.2, -0.15) is 0 Å². The molecular formula is C23H15ClO2S2. The molecule has 0 aliphatic heterocycles. The van der Waals surface area contributed by atoms with E-state index in [2.05, 4.69) is 0 Å². The van der Waals surface area contributed by atoms with E-state index in [1.807, 2.05) is 43.3 Å². The molecule has 3 aromatic carbocycles. The van der Waals surface area contributed by atoms with E-state index < -0.39 is 0 Å². The lowest BCUT2D eigenvalue weighted by atomic mass is 9.94. The molecule has 0 N–H and O–H groups in total. The third kappa shape index (κ3) is 3.81. The van der Waals surface area contributed by atoms with Gasteiger partial charge in [-0.1, -0.05) is 77.1 Å². The molecule has 0 bridgehead atoms. The third-order valence-corrected chi connectivity index (χ3v) is 6.89. The van der Waals surface area contributed by atoms with E-state index in [-0.39, 0.29) is 11.6 Å². The second-order valence-electron chi connectivity index (χ2n) is 6.33. The number of Topliss-reactive ketones (excluding diaryl/α,β-unsaturated/α-hetero) is 2. The van der Waals surface area contributed by atoms with Gasteiger partial charge in [0.2, 0.25) is 11.6 Å². The molecule has 3 aromatic rings. The average molecular weight is 423 g/mol. The second kappa shape index (κ2) is 8.00. The third-order valence-electron chi connectivity index (χ3n) is 4.31. The van der Waals surface area contributed by atoms with Gasteiger partial charge in [-0.3, -0.25) is 9.59 Å². The van der Waals surface area contributed by atoms with E-state index in [0.717, 1.165) is 15.4 Å². The van der Waals surface area contributed by atoms with Crippen molar-refractivity contribution in [1.82, 2.24) is 0 Å². The number of rotatable bonds is 4. The van der Waals surface area contributed by atoms with Crippen molar-refractivity contribution in [2.45, 2.75) is 16.7 Å². The van der Waals surface area contributed by atoms with E-state index in [9.17, 15) is 9.59 Å². The van der Waals surface area contributed by atoms with Crippen LogP contribution in [0.4, 0.5) is 0 Å². The minimum atomic E-state index is -0.121. The van der Waals surface area contributed by atoms with Crippen LogP contribution in [0.25, 0.3) is 0 Å². The molecule has 28 heavy (non-hydrogen) atoms. The summed E-state index contributed by atoms with van der Waals surface area (Å²) in [5, 5.41) is 0.629.